The predicted molar refractivity (Wildman–Crippen MR) is 79.4 cm³/mol. The van der Waals surface area contributed by atoms with Crippen molar-refractivity contribution in [3.05, 3.63) is 23.0 Å². The molecule has 7 nitrogen and oxygen atoms in total. The van der Waals surface area contributed by atoms with Crippen molar-refractivity contribution in [3.63, 3.8) is 0 Å². The summed E-state index contributed by atoms with van der Waals surface area (Å²) in [7, 11) is 1.29. The molecule has 0 saturated carbocycles. The zero-order valence-corrected chi connectivity index (χ0v) is 13.3. The second kappa shape index (κ2) is 6.13. The van der Waals surface area contributed by atoms with Crippen LogP contribution in [0.25, 0.3) is 11.1 Å². The summed E-state index contributed by atoms with van der Waals surface area (Å²) < 4.78 is 9.84. The van der Waals surface area contributed by atoms with Crippen molar-refractivity contribution in [1.29, 1.82) is 0 Å². The van der Waals surface area contributed by atoms with Crippen LogP contribution >= 0.6 is 0 Å². The maximum atomic E-state index is 12.6. The molecule has 22 heavy (non-hydrogen) atoms. The molecule has 7 heteroatoms. The first kappa shape index (κ1) is 15.9. The number of pyridine rings is 1. The Morgan fingerprint density at radius 1 is 1.32 bits per heavy atom. The molecule has 1 N–H and O–H groups in total. The molecular weight excluding hydrogens is 286 g/mol. The van der Waals surface area contributed by atoms with E-state index in [-0.39, 0.29) is 11.8 Å². The molecule has 0 bridgehead atoms. The number of nitrogens with one attached hydrogen (secondary N) is 1. The number of methoxy groups -OCH3 is 1. The average molecular weight is 305 g/mol. The highest BCUT2D eigenvalue weighted by molar-refractivity contribution is 6.07. The van der Waals surface area contributed by atoms with E-state index >= 15 is 0 Å². The molecule has 0 aliphatic heterocycles. The van der Waals surface area contributed by atoms with E-state index in [0.717, 1.165) is 0 Å². The van der Waals surface area contributed by atoms with E-state index in [2.05, 4.69) is 15.5 Å². The Kier molecular flexibility index (Phi) is 4.44. The number of aromatic nitrogens is 2. The van der Waals surface area contributed by atoms with Crippen molar-refractivity contribution in [2.24, 2.45) is 5.92 Å². The van der Waals surface area contributed by atoms with Crippen LogP contribution in [-0.2, 0) is 9.53 Å². The minimum Gasteiger partial charge on any atom is -0.467 e. The second-order valence-corrected chi connectivity index (χ2v) is 5.48. The van der Waals surface area contributed by atoms with Crippen LogP contribution in [0.1, 0.15) is 35.6 Å². The van der Waals surface area contributed by atoms with Crippen molar-refractivity contribution < 1.29 is 18.8 Å². The molecule has 1 amide bonds. The summed E-state index contributed by atoms with van der Waals surface area (Å²) in [5.41, 5.74) is 1.90. The van der Waals surface area contributed by atoms with Gasteiger partial charge in [0, 0.05) is 5.69 Å². The molecular formula is C15H19N3O4. The topological polar surface area (TPSA) is 94.3 Å². The van der Waals surface area contributed by atoms with Gasteiger partial charge in [-0.1, -0.05) is 19.0 Å². The van der Waals surface area contributed by atoms with E-state index < -0.39 is 12.0 Å². The standard InChI is InChI=1S/C15H19N3O4/c1-7(2)12(15(20)21-5)17-13(19)10-6-8(3)16-14-11(10)9(4)18-22-14/h6-7,12H,1-5H3,(H,17,19)/t12-/m1/s1. The molecule has 0 saturated heterocycles. The molecule has 2 rings (SSSR count). The van der Waals surface area contributed by atoms with Gasteiger partial charge in [-0.25, -0.2) is 9.78 Å². The Bertz CT molecular complexity index is 721. The lowest BCUT2D eigenvalue weighted by atomic mass is 10.0. The van der Waals surface area contributed by atoms with Crippen molar-refractivity contribution >= 4 is 23.0 Å². The van der Waals surface area contributed by atoms with Gasteiger partial charge in [0.2, 0.25) is 0 Å². The summed E-state index contributed by atoms with van der Waals surface area (Å²) in [6.45, 7) is 7.16. The fourth-order valence-electron chi connectivity index (χ4n) is 2.24. The lowest BCUT2D eigenvalue weighted by Crippen LogP contribution is -2.45. The Labute approximate surface area is 128 Å². The first-order valence-electron chi connectivity index (χ1n) is 6.97. The van der Waals surface area contributed by atoms with Crippen LogP contribution < -0.4 is 5.32 Å². The van der Waals surface area contributed by atoms with Gasteiger partial charge in [-0.3, -0.25) is 4.79 Å². The number of hydrogen-bond acceptors (Lipinski definition) is 6. The van der Waals surface area contributed by atoms with Gasteiger partial charge in [-0.2, -0.15) is 0 Å². The van der Waals surface area contributed by atoms with Gasteiger partial charge >= 0.3 is 5.97 Å². The summed E-state index contributed by atoms with van der Waals surface area (Å²) in [5.74, 6) is -0.961. The minimum absolute atomic E-state index is 0.0987. The van der Waals surface area contributed by atoms with E-state index in [4.69, 9.17) is 9.26 Å². The lowest BCUT2D eigenvalue weighted by Gasteiger charge is -2.20. The Balaban J connectivity index is 2.41. The monoisotopic (exact) mass is 305 g/mol. The van der Waals surface area contributed by atoms with Crippen molar-refractivity contribution in [1.82, 2.24) is 15.5 Å². The predicted octanol–water partition coefficient (Wildman–Crippen LogP) is 1.77. The number of amides is 1. The highest BCUT2D eigenvalue weighted by atomic mass is 16.5. The molecule has 0 aliphatic rings. The van der Waals surface area contributed by atoms with Crippen LogP contribution in [0.3, 0.4) is 0 Å². The summed E-state index contributed by atoms with van der Waals surface area (Å²) in [5, 5.41) is 7.10. The molecule has 0 unspecified atom stereocenters. The van der Waals surface area contributed by atoms with Crippen LogP contribution in [0.15, 0.2) is 10.6 Å². The molecule has 118 valence electrons. The first-order valence-corrected chi connectivity index (χ1v) is 6.97. The molecule has 2 heterocycles. The number of hydrogen-bond donors (Lipinski definition) is 1. The number of fused-ring (bicyclic) bond motifs is 1. The van der Waals surface area contributed by atoms with E-state index in [0.29, 0.717) is 28.1 Å². The number of carbonyl (C=O) groups excluding carboxylic acids is 2. The summed E-state index contributed by atoms with van der Waals surface area (Å²) in [6, 6.07) is 0.928. The molecule has 0 radical (unpaired) electrons. The lowest BCUT2D eigenvalue weighted by molar-refractivity contribution is -0.144. The van der Waals surface area contributed by atoms with Crippen LogP contribution in [0.5, 0.6) is 0 Å². The van der Waals surface area contributed by atoms with Gasteiger partial charge in [-0.15, -0.1) is 0 Å². The van der Waals surface area contributed by atoms with Crippen molar-refractivity contribution in [3.8, 4) is 0 Å². The van der Waals surface area contributed by atoms with E-state index in [1.807, 2.05) is 13.8 Å². The third-order valence-electron chi connectivity index (χ3n) is 3.40. The Morgan fingerprint density at radius 3 is 2.59 bits per heavy atom. The Hall–Kier alpha value is -2.44. The summed E-state index contributed by atoms with van der Waals surface area (Å²) >= 11 is 0. The smallest absolute Gasteiger partial charge is 0.328 e. The normalized spacial score (nSPS) is 12.5. The molecule has 1 atom stereocenters. The van der Waals surface area contributed by atoms with Gasteiger partial charge in [0.15, 0.2) is 0 Å². The van der Waals surface area contributed by atoms with Crippen LogP contribution in [0.4, 0.5) is 0 Å². The van der Waals surface area contributed by atoms with E-state index in [1.54, 1.807) is 19.9 Å². The third kappa shape index (κ3) is 2.93. The zero-order valence-electron chi connectivity index (χ0n) is 13.3. The van der Waals surface area contributed by atoms with Crippen molar-refractivity contribution in [2.45, 2.75) is 33.7 Å². The minimum atomic E-state index is -0.721. The number of nitrogens with zero attached hydrogens (tertiary/aromatic N) is 2. The molecule has 2 aromatic rings. The largest absolute Gasteiger partial charge is 0.467 e. The quantitative estimate of drug-likeness (QED) is 0.865. The third-order valence-corrected chi connectivity index (χ3v) is 3.40. The highest BCUT2D eigenvalue weighted by Crippen LogP contribution is 2.22. The van der Waals surface area contributed by atoms with Crippen molar-refractivity contribution in [2.75, 3.05) is 7.11 Å². The van der Waals surface area contributed by atoms with Gasteiger partial charge < -0.3 is 14.6 Å². The van der Waals surface area contributed by atoms with E-state index in [9.17, 15) is 9.59 Å². The van der Waals surface area contributed by atoms with Gasteiger partial charge in [0.05, 0.1) is 23.8 Å². The number of ether oxygens (including phenoxy) is 1. The fraction of sp³-hybridized carbons (Fsp3) is 0.467. The second-order valence-electron chi connectivity index (χ2n) is 5.48. The first-order chi connectivity index (χ1) is 10.3. The van der Waals surface area contributed by atoms with Crippen LogP contribution in [0.2, 0.25) is 0 Å². The van der Waals surface area contributed by atoms with E-state index in [1.165, 1.54) is 7.11 Å². The molecule has 2 aromatic heterocycles. The Morgan fingerprint density at radius 2 is 2.00 bits per heavy atom. The zero-order chi connectivity index (χ0) is 16.4. The van der Waals surface area contributed by atoms with Crippen LogP contribution in [-0.4, -0.2) is 35.2 Å². The SMILES string of the molecule is COC(=O)[C@H](NC(=O)c1cc(C)nc2onc(C)c12)C(C)C. The maximum Gasteiger partial charge on any atom is 0.328 e. The van der Waals surface area contributed by atoms with Gasteiger partial charge in [-0.05, 0) is 25.8 Å². The number of carbonyl (C=O) groups is 2. The molecule has 0 aliphatic carbocycles. The molecule has 0 fully saturated rings. The summed E-state index contributed by atoms with van der Waals surface area (Å²) in [6.07, 6.45) is 0. The van der Waals surface area contributed by atoms with Gasteiger partial charge in [0.1, 0.15) is 6.04 Å². The highest BCUT2D eigenvalue weighted by Gasteiger charge is 2.27. The average Bonchev–Trinajstić information content (AvgIpc) is 2.83. The molecule has 0 spiro atoms. The summed E-state index contributed by atoms with van der Waals surface area (Å²) in [4.78, 5) is 28.6. The fourth-order valence-corrected chi connectivity index (χ4v) is 2.24. The van der Waals surface area contributed by atoms with Crippen LogP contribution in [0, 0.1) is 19.8 Å². The number of rotatable bonds is 4. The number of esters is 1. The number of aryl methyl sites for hydroxylation is 2. The van der Waals surface area contributed by atoms with Gasteiger partial charge in [0.25, 0.3) is 11.6 Å². The molecule has 0 aromatic carbocycles. The maximum absolute atomic E-state index is 12.6.